The number of alkyl carbamates (subject to hydrolysis) is 1. The van der Waals surface area contributed by atoms with Crippen LogP contribution in [-0.2, 0) is 27.1 Å². The Bertz CT molecular complexity index is 1060. The number of hydrogen-bond donors (Lipinski definition) is 1. The van der Waals surface area contributed by atoms with Crippen molar-refractivity contribution in [2.24, 2.45) is 0 Å². The fraction of sp³-hybridized carbons (Fsp3) is 0.320. The molecule has 35 heavy (non-hydrogen) atoms. The highest BCUT2D eigenvalue weighted by molar-refractivity contribution is 6.00. The van der Waals surface area contributed by atoms with Crippen molar-refractivity contribution < 1.29 is 37.0 Å². The first-order valence-corrected chi connectivity index (χ1v) is 10.9. The van der Waals surface area contributed by atoms with E-state index in [2.05, 4.69) is 5.32 Å². The number of ether oxygens (including phenoxy) is 2. The molecule has 1 N–H and O–H groups in total. The van der Waals surface area contributed by atoms with Crippen LogP contribution < -0.4 is 5.32 Å². The number of carbonyl (C=O) groups excluding carboxylic acids is 3. The molecule has 2 aromatic carbocycles. The Morgan fingerprint density at radius 1 is 0.971 bits per heavy atom. The maximum atomic E-state index is 12.5. The minimum absolute atomic E-state index is 0.0294. The molecule has 0 unspecified atom stereocenters. The van der Waals surface area contributed by atoms with E-state index in [1.54, 1.807) is 12.1 Å². The lowest BCUT2D eigenvalue weighted by Gasteiger charge is -2.18. The molecule has 3 amide bonds. The van der Waals surface area contributed by atoms with Crippen molar-refractivity contribution in [1.82, 2.24) is 10.2 Å². The van der Waals surface area contributed by atoms with Crippen LogP contribution in [0.15, 0.2) is 72.3 Å². The Morgan fingerprint density at radius 3 is 2.06 bits per heavy atom. The standard InChI is InChI=1S/C15H14F3NO3.C10H11NO2/c1-10(15(16,17)18)7-13(20)19-12(9-22-14(19)21)8-11-5-3-2-4-6-11;12-10-11-9(7-13-10)6-8-4-2-1-3-5-8/h2-7,12H,8-9H2,1H3;1-5,9H,6-7H2,(H,11,12)/b10-7+;/t12-;9-/m00/s1. The Morgan fingerprint density at radius 2 is 1.54 bits per heavy atom. The van der Waals surface area contributed by atoms with Crippen molar-refractivity contribution in [3.05, 3.63) is 83.4 Å². The monoisotopic (exact) mass is 490 g/mol. The van der Waals surface area contributed by atoms with Gasteiger partial charge in [-0.1, -0.05) is 60.7 Å². The van der Waals surface area contributed by atoms with E-state index < -0.39 is 29.8 Å². The second kappa shape index (κ2) is 11.5. The number of rotatable bonds is 5. The summed E-state index contributed by atoms with van der Waals surface area (Å²) in [5.41, 5.74) is 1.02. The van der Waals surface area contributed by atoms with Crippen molar-refractivity contribution in [2.75, 3.05) is 13.2 Å². The predicted molar refractivity (Wildman–Crippen MR) is 120 cm³/mol. The molecule has 2 fully saturated rings. The molecule has 7 nitrogen and oxygen atoms in total. The molecule has 0 aromatic heterocycles. The zero-order valence-electron chi connectivity index (χ0n) is 19.0. The number of cyclic esters (lactones) is 2. The Hall–Kier alpha value is -3.82. The summed E-state index contributed by atoms with van der Waals surface area (Å²) in [4.78, 5) is 35.0. The summed E-state index contributed by atoms with van der Waals surface area (Å²) >= 11 is 0. The van der Waals surface area contributed by atoms with Gasteiger partial charge < -0.3 is 14.8 Å². The summed E-state index contributed by atoms with van der Waals surface area (Å²) in [6.45, 7) is 1.23. The van der Waals surface area contributed by atoms with Crippen LogP contribution in [0.2, 0.25) is 0 Å². The van der Waals surface area contributed by atoms with Gasteiger partial charge in [0.2, 0.25) is 0 Å². The van der Waals surface area contributed by atoms with Gasteiger partial charge in [-0.15, -0.1) is 0 Å². The molecule has 186 valence electrons. The number of allylic oxidation sites excluding steroid dienone is 1. The van der Waals surface area contributed by atoms with Gasteiger partial charge in [-0.05, 0) is 30.9 Å². The number of alkyl halides is 3. The molecule has 0 aliphatic carbocycles. The number of halogens is 3. The molecule has 2 saturated heterocycles. The van der Waals surface area contributed by atoms with Crippen LogP contribution in [0.1, 0.15) is 18.1 Å². The van der Waals surface area contributed by atoms with Crippen LogP contribution in [0.3, 0.4) is 0 Å². The van der Waals surface area contributed by atoms with E-state index in [9.17, 15) is 27.6 Å². The molecule has 0 spiro atoms. The van der Waals surface area contributed by atoms with E-state index in [-0.39, 0.29) is 18.7 Å². The van der Waals surface area contributed by atoms with Gasteiger partial charge in [0.25, 0.3) is 5.91 Å². The van der Waals surface area contributed by atoms with E-state index in [0.29, 0.717) is 19.1 Å². The number of amides is 3. The zero-order chi connectivity index (χ0) is 25.4. The van der Waals surface area contributed by atoms with E-state index in [0.717, 1.165) is 23.8 Å². The maximum absolute atomic E-state index is 12.5. The lowest BCUT2D eigenvalue weighted by molar-refractivity contribution is -0.125. The smallest absolute Gasteiger partial charge is 0.417 e. The third-order valence-electron chi connectivity index (χ3n) is 5.36. The van der Waals surface area contributed by atoms with Crippen molar-refractivity contribution in [1.29, 1.82) is 0 Å². The minimum atomic E-state index is -4.60. The topological polar surface area (TPSA) is 84.9 Å². The quantitative estimate of drug-likeness (QED) is 0.628. The highest BCUT2D eigenvalue weighted by Gasteiger charge is 2.38. The molecular weight excluding hydrogens is 465 g/mol. The number of carbonyl (C=O) groups is 3. The van der Waals surface area contributed by atoms with Gasteiger partial charge in [-0.3, -0.25) is 4.79 Å². The lowest BCUT2D eigenvalue weighted by atomic mass is 10.1. The molecule has 2 aliphatic heterocycles. The molecule has 2 atom stereocenters. The first kappa shape index (κ1) is 25.8. The van der Waals surface area contributed by atoms with Gasteiger partial charge >= 0.3 is 18.4 Å². The molecule has 2 aliphatic rings. The second-order valence-corrected chi connectivity index (χ2v) is 8.08. The third-order valence-corrected chi connectivity index (χ3v) is 5.36. The highest BCUT2D eigenvalue weighted by Crippen LogP contribution is 2.26. The van der Waals surface area contributed by atoms with Crippen LogP contribution >= 0.6 is 0 Å². The SMILES string of the molecule is C/C(=C\C(=O)N1C(=O)OC[C@@H]1Cc1ccccc1)C(F)(F)F.O=C1N[C@@H](Cc2ccccc2)CO1. The lowest BCUT2D eigenvalue weighted by Crippen LogP contribution is -2.39. The van der Waals surface area contributed by atoms with E-state index in [4.69, 9.17) is 9.47 Å². The van der Waals surface area contributed by atoms with Crippen molar-refractivity contribution in [3.63, 3.8) is 0 Å². The normalized spacial score (nSPS) is 19.9. The van der Waals surface area contributed by atoms with Crippen LogP contribution in [0.25, 0.3) is 0 Å². The molecule has 4 rings (SSSR count). The van der Waals surface area contributed by atoms with Crippen molar-refractivity contribution in [2.45, 2.75) is 38.0 Å². The van der Waals surface area contributed by atoms with E-state index in [1.807, 2.05) is 48.5 Å². The molecule has 0 bridgehead atoms. The summed E-state index contributed by atoms with van der Waals surface area (Å²) in [6.07, 6.45) is -4.24. The van der Waals surface area contributed by atoms with Gasteiger partial charge in [-0.25, -0.2) is 14.5 Å². The van der Waals surface area contributed by atoms with Crippen LogP contribution in [-0.4, -0.2) is 54.5 Å². The average Bonchev–Trinajstić information content (AvgIpc) is 3.39. The second-order valence-electron chi connectivity index (χ2n) is 8.08. The summed E-state index contributed by atoms with van der Waals surface area (Å²) in [7, 11) is 0. The molecule has 2 heterocycles. The molecule has 10 heteroatoms. The summed E-state index contributed by atoms with van der Waals surface area (Å²) in [5, 5.41) is 2.74. The number of hydrogen-bond acceptors (Lipinski definition) is 5. The Labute approximate surface area is 200 Å². The van der Waals surface area contributed by atoms with Gasteiger partial charge in [0, 0.05) is 11.6 Å². The van der Waals surface area contributed by atoms with Gasteiger partial charge in [0.1, 0.15) is 13.2 Å². The minimum Gasteiger partial charge on any atom is -0.447 e. The highest BCUT2D eigenvalue weighted by atomic mass is 19.4. The third kappa shape index (κ3) is 7.59. The Kier molecular flexibility index (Phi) is 8.51. The van der Waals surface area contributed by atoms with Crippen LogP contribution in [0.4, 0.5) is 22.8 Å². The summed E-state index contributed by atoms with van der Waals surface area (Å²) in [5.74, 6) is -1.02. The van der Waals surface area contributed by atoms with Gasteiger partial charge in [0.05, 0.1) is 12.1 Å². The van der Waals surface area contributed by atoms with Crippen LogP contribution in [0.5, 0.6) is 0 Å². The van der Waals surface area contributed by atoms with Gasteiger partial charge in [0.15, 0.2) is 0 Å². The zero-order valence-corrected chi connectivity index (χ0v) is 19.0. The van der Waals surface area contributed by atoms with Crippen molar-refractivity contribution in [3.8, 4) is 0 Å². The number of nitrogens with one attached hydrogen (secondary N) is 1. The number of imide groups is 1. The Balaban J connectivity index is 0.000000223. The molecule has 2 aromatic rings. The largest absolute Gasteiger partial charge is 0.447 e. The summed E-state index contributed by atoms with van der Waals surface area (Å²) in [6, 6.07) is 18.6. The molecule has 0 radical (unpaired) electrons. The molecule has 0 saturated carbocycles. The average molecular weight is 490 g/mol. The van der Waals surface area contributed by atoms with E-state index >= 15 is 0 Å². The van der Waals surface area contributed by atoms with Crippen LogP contribution in [0, 0.1) is 0 Å². The maximum Gasteiger partial charge on any atom is 0.417 e. The van der Waals surface area contributed by atoms with Gasteiger partial charge in [-0.2, -0.15) is 13.2 Å². The fourth-order valence-corrected chi connectivity index (χ4v) is 3.54. The predicted octanol–water partition coefficient (Wildman–Crippen LogP) is 4.42. The number of benzene rings is 2. The fourth-order valence-electron chi connectivity index (χ4n) is 3.54. The first-order valence-electron chi connectivity index (χ1n) is 10.9. The van der Waals surface area contributed by atoms with E-state index in [1.165, 1.54) is 5.56 Å². The van der Waals surface area contributed by atoms with Crippen molar-refractivity contribution >= 4 is 18.1 Å². The number of nitrogens with zero attached hydrogens (tertiary/aromatic N) is 1. The molecular formula is C25H25F3N2O5. The summed E-state index contributed by atoms with van der Waals surface area (Å²) < 4.78 is 47.0. The first-order chi connectivity index (χ1) is 16.6.